The van der Waals surface area contributed by atoms with Crippen molar-refractivity contribution in [3.8, 4) is 5.69 Å². The minimum atomic E-state index is -0.0287. The first kappa shape index (κ1) is 18.6. The molecule has 0 aliphatic carbocycles. The second-order valence-electron chi connectivity index (χ2n) is 7.17. The lowest BCUT2D eigenvalue weighted by Crippen LogP contribution is -2.23. The molecule has 0 fully saturated rings. The third-order valence-corrected chi connectivity index (χ3v) is 5.63. The molecule has 0 aliphatic rings. The summed E-state index contributed by atoms with van der Waals surface area (Å²) in [5.41, 5.74) is 6.81. The summed E-state index contributed by atoms with van der Waals surface area (Å²) >= 11 is 1.49. The van der Waals surface area contributed by atoms with Gasteiger partial charge >= 0.3 is 0 Å². The summed E-state index contributed by atoms with van der Waals surface area (Å²) in [5, 5.41) is 0.703. The molecule has 4 rings (SSSR count). The molecule has 5 heteroatoms. The topological polar surface area (TPSA) is 39.8 Å². The number of hydrogen-bond acceptors (Lipinski definition) is 3. The van der Waals surface area contributed by atoms with E-state index in [1.807, 2.05) is 50.4 Å². The zero-order valence-corrected chi connectivity index (χ0v) is 17.4. The molecule has 2 heterocycles. The molecule has 142 valence electrons. The third-order valence-electron chi connectivity index (χ3n) is 4.99. The number of thioether (sulfide) groups is 1. The molecule has 28 heavy (non-hydrogen) atoms. The fourth-order valence-corrected chi connectivity index (χ4v) is 4.13. The van der Waals surface area contributed by atoms with E-state index in [0.29, 0.717) is 17.2 Å². The number of hydrogen-bond donors (Lipinski definition) is 0. The van der Waals surface area contributed by atoms with Crippen LogP contribution in [0.15, 0.2) is 64.5 Å². The second kappa shape index (κ2) is 7.32. The Morgan fingerprint density at radius 1 is 0.964 bits per heavy atom. The van der Waals surface area contributed by atoms with Crippen LogP contribution >= 0.6 is 11.8 Å². The number of nitrogens with zero attached hydrogens (tertiary/aromatic N) is 3. The molecular formula is C23H23N3OS. The van der Waals surface area contributed by atoms with Crippen LogP contribution < -0.4 is 5.56 Å². The number of benzene rings is 2. The average molecular weight is 390 g/mol. The average Bonchev–Trinajstić information content (AvgIpc) is 2.98. The predicted octanol–water partition coefficient (Wildman–Crippen LogP) is 4.88. The summed E-state index contributed by atoms with van der Waals surface area (Å²) in [5.74, 6) is 0. The van der Waals surface area contributed by atoms with Crippen molar-refractivity contribution in [2.75, 3.05) is 6.26 Å². The molecule has 0 saturated heterocycles. The van der Waals surface area contributed by atoms with Gasteiger partial charge in [0.25, 0.3) is 5.56 Å². The van der Waals surface area contributed by atoms with Crippen LogP contribution in [0.2, 0.25) is 0 Å². The van der Waals surface area contributed by atoms with Gasteiger partial charge in [-0.05, 0) is 50.8 Å². The van der Waals surface area contributed by atoms with E-state index in [9.17, 15) is 4.79 Å². The van der Waals surface area contributed by atoms with Crippen LogP contribution in [-0.4, -0.2) is 20.4 Å². The van der Waals surface area contributed by atoms with Crippen LogP contribution in [0.1, 0.15) is 22.4 Å². The van der Waals surface area contributed by atoms with Crippen molar-refractivity contribution in [2.24, 2.45) is 0 Å². The van der Waals surface area contributed by atoms with Gasteiger partial charge in [0.2, 0.25) is 0 Å². The molecule has 0 spiro atoms. The highest BCUT2D eigenvalue weighted by Crippen LogP contribution is 2.23. The largest absolute Gasteiger partial charge is 0.335 e. The Labute approximate surface area is 168 Å². The lowest BCUT2D eigenvalue weighted by atomic mass is 10.1. The van der Waals surface area contributed by atoms with Crippen molar-refractivity contribution in [1.29, 1.82) is 0 Å². The summed E-state index contributed by atoms with van der Waals surface area (Å²) < 4.78 is 3.80. The first-order valence-corrected chi connectivity index (χ1v) is 10.5. The zero-order valence-electron chi connectivity index (χ0n) is 16.6. The first-order chi connectivity index (χ1) is 13.5. The van der Waals surface area contributed by atoms with Gasteiger partial charge in [-0.25, -0.2) is 4.98 Å². The lowest BCUT2D eigenvalue weighted by Gasteiger charge is -2.13. The van der Waals surface area contributed by atoms with E-state index in [1.54, 1.807) is 4.57 Å². The van der Waals surface area contributed by atoms with Gasteiger partial charge in [0.05, 0.1) is 11.2 Å². The molecule has 2 aromatic heterocycles. The van der Waals surface area contributed by atoms with E-state index in [4.69, 9.17) is 4.98 Å². The van der Waals surface area contributed by atoms with E-state index in [1.165, 1.54) is 22.9 Å². The van der Waals surface area contributed by atoms with Crippen molar-refractivity contribution in [3.63, 3.8) is 0 Å². The molecule has 2 aromatic carbocycles. The summed E-state index contributed by atoms with van der Waals surface area (Å²) in [4.78, 5) is 18.4. The molecule has 4 aromatic rings. The molecule has 4 nitrogen and oxygen atoms in total. The molecule has 0 aliphatic heterocycles. The van der Waals surface area contributed by atoms with E-state index in [2.05, 4.69) is 35.8 Å². The number of rotatable bonds is 4. The van der Waals surface area contributed by atoms with Crippen molar-refractivity contribution in [3.05, 3.63) is 87.3 Å². The van der Waals surface area contributed by atoms with Crippen LogP contribution in [0.3, 0.4) is 0 Å². The van der Waals surface area contributed by atoms with Crippen molar-refractivity contribution < 1.29 is 0 Å². The normalized spacial score (nSPS) is 11.3. The van der Waals surface area contributed by atoms with Crippen molar-refractivity contribution in [1.82, 2.24) is 14.1 Å². The maximum atomic E-state index is 13.6. The van der Waals surface area contributed by atoms with Gasteiger partial charge in [-0.15, -0.1) is 0 Å². The summed E-state index contributed by atoms with van der Waals surface area (Å²) in [7, 11) is 0. The quantitative estimate of drug-likeness (QED) is 0.369. The van der Waals surface area contributed by atoms with Gasteiger partial charge in [-0.1, -0.05) is 59.3 Å². The summed E-state index contributed by atoms with van der Waals surface area (Å²) in [6.45, 7) is 6.81. The predicted molar refractivity (Wildman–Crippen MR) is 117 cm³/mol. The number of fused-ring (bicyclic) bond motifs is 1. The molecule has 0 N–H and O–H groups in total. The van der Waals surface area contributed by atoms with Gasteiger partial charge in [0, 0.05) is 12.2 Å². The third kappa shape index (κ3) is 3.27. The van der Waals surface area contributed by atoms with E-state index >= 15 is 0 Å². The SMILES string of the molecule is CSc1nc2cc(C)n(Cc3cccc(C)c3)c2c(=O)n1-c1ccc(C)cc1. The van der Waals surface area contributed by atoms with Crippen molar-refractivity contribution in [2.45, 2.75) is 32.5 Å². The minimum Gasteiger partial charge on any atom is -0.335 e. The highest BCUT2D eigenvalue weighted by Gasteiger charge is 2.17. The van der Waals surface area contributed by atoms with Gasteiger partial charge in [-0.2, -0.15) is 0 Å². The molecule has 0 amide bonds. The molecular weight excluding hydrogens is 366 g/mol. The van der Waals surface area contributed by atoms with E-state index < -0.39 is 0 Å². The van der Waals surface area contributed by atoms with Crippen LogP contribution in [-0.2, 0) is 6.54 Å². The monoisotopic (exact) mass is 389 g/mol. The van der Waals surface area contributed by atoms with Crippen molar-refractivity contribution >= 4 is 22.8 Å². The highest BCUT2D eigenvalue weighted by atomic mass is 32.2. The molecule has 0 radical (unpaired) electrons. The summed E-state index contributed by atoms with van der Waals surface area (Å²) in [6.07, 6.45) is 1.95. The molecule has 0 unspecified atom stereocenters. The van der Waals surface area contributed by atoms with E-state index in [0.717, 1.165) is 22.5 Å². The molecule has 0 saturated carbocycles. The van der Waals surface area contributed by atoms with Crippen LogP contribution in [0.4, 0.5) is 0 Å². The Morgan fingerprint density at radius 3 is 2.39 bits per heavy atom. The number of aromatic nitrogens is 3. The second-order valence-corrected chi connectivity index (χ2v) is 7.94. The van der Waals surface area contributed by atoms with Crippen LogP contribution in [0, 0.1) is 20.8 Å². The lowest BCUT2D eigenvalue weighted by molar-refractivity contribution is 0.772. The minimum absolute atomic E-state index is 0.0287. The van der Waals surface area contributed by atoms with Gasteiger partial charge in [-0.3, -0.25) is 9.36 Å². The Morgan fingerprint density at radius 2 is 1.71 bits per heavy atom. The Hall–Kier alpha value is -2.79. The standard InChI is InChI=1S/C23H23N3OS/c1-15-8-10-19(11-9-15)26-22(27)21-20(24-23(26)28-4)13-17(3)25(21)14-18-7-5-6-16(2)12-18/h5-13H,14H2,1-4H3. The maximum Gasteiger partial charge on any atom is 0.283 e. The van der Waals surface area contributed by atoms with Gasteiger partial charge in [0.1, 0.15) is 5.52 Å². The van der Waals surface area contributed by atoms with Gasteiger partial charge < -0.3 is 4.57 Å². The highest BCUT2D eigenvalue weighted by molar-refractivity contribution is 7.98. The fourth-order valence-electron chi connectivity index (χ4n) is 3.57. The molecule has 0 atom stereocenters. The first-order valence-electron chi connectivity index (χ1n) is 9.27. The molecule has 0 bridgehead atoms. The van der Waals surface area contributed by atoms with E-state index in [-0.39, 0.29) is 5.56 Å². The Kier molecular flexibility index (Phi) is 4.85. The smallest absolute Gasteiger partial charge is 0.283 e. The summed E-state index contributed by atoms with van der Waals surface area (Å²) in [6, 6.07) is 18.4. The van der Waals surface area contributed by atoms with Crippen LogP contribution in [0.5, 0.6) is 0 Å². The van der Waals surface area contributed by atoms with Crippen LogP contribution in [0.25, 0.3) is 16.7 Å². The van der Waals surface area contributed by atoms with Gasteiger partial charge in [0.15, 0.2) is 5.16 Å². The maximum absolute atomic E-state index is 13.6. The number of aryl methyl sites for hydroxylation is 3. The fraction of sp³-hybridized carbons (Fsp3) is 0.217. The Balaban J connectivity index is 1.95. The Bertz CT molecular complexity index is 1220. The zero-order chi connectivity index (χ0) is 19.8.